The monoisotopic (exact) mass is 407 g/mol. The fourth-order valence-corrected chi connectivity index (χ4v) is 4.60. The Bertz CT molecular complexity index is 1070. The van der Waals surface area contributed by atoms with Crippen LogP contribution < -0.4 is 11.1 Å². The minimum absolute atomic E-state index is 0.169. The highest BCUT2D eigenvalue weighted by Gasteiger charge is 2.42. The number of amidine groups is 1. The van der Waals surface area contributed by atoms with Gasteiger partial charge < -0.3 is 11.1 Å². The summed E-state index contributed by atoms with van der Waals surface area (Å²) in [5, 5.41) is 12.0. The van der Waals surface area contributed by atoms with Gasteiger partial charge in [-0.15, -0.1) is 0 Å². The van der Waals surface area contributed by atoms with Gasteiger partial charge >= 0.3 is 0 Å². The van der Waals surface area contributed by atoms with Crippen LogP contribution in [-0.2, 0) is 5.54 Å². The van der Waals surface area contributed by atoms with Crippen LogP contribution in [0.3, 0.4) is 0 Å². The largest absolute Gasteiger partial charge is 0.378 e. The van der Waals surface area contributed by atoms with E-state index in [1.165, 1.54) is 42.2 Å². The molecule has 4 rings (SSSR count). The summed E-state index contributed by atoms with van der Waals surface area (Å²) < 4.78 is 14.9. The van der Waals surface area contributed by atoms with E-state index in [-0.39, 0.29) is 11.5 Å². The Morgan fingerprint density at radius 3 is 2.97 bits per heavy atom. The fraction of sp³-hybridized carbons (Fsp3) is 0.238. The number of carbonyl (C=O) groups is 1. The number of halogens is 1. The van der Waals surface area contributed by atoms with Gasteiger partial charge in [-0.25, -0.2) is 14.4 Å². The van der Waals surface area contributed by atoms with Crippen molar-refractivity contribution in [2.45, 2.75) is 24.8 Å². The zero-order valence-electron chi connectivity index (χ0n) is 15.5. The summed E-state index contributed by atoms with van der Waals surface area (Å²) in [5.41, 5.74) is 7.63. The second-order valence-electron chi connectivity index (χ2n) is 6.91. The minimum atomic E-state index is -0.814. The standard InChI is InChI=1S/C21H18FN5OS/c22-17-6-5-15(26-19(28)18-7-4-13(10-23)11-25-18)9-16(17)21-8-2-1-3-14(21)12-29-20(24)27-21/h3-7,9,11H,1-2,8,12H2,(H2,24,27)(H,26,28). The molecule has 0 bridgehead atoms. The van der Waals surface area contributed by atoms with Crippen molar-refractivity contribution in [1.82, 2.24) is 4.98 Å². The average molecular weight is 407 g/mol. The van der Waals surface area contributed by atoms with Crippen LogP contribution in [0.4, 0.5) is 10.1 Å². The molecule has 29 heavy (non-hydrogen) atoms. The molecule has 2 heterocycles. The Balaban J connectivity index is 1.68. The summed E-state index contributed by atoms with van der Waals surface area (Å²) in [6.45, 7) is 0. The summed E-state index contributed by atoms with van der Waals surface area (Å²) in [4.78, 5) is 21.2. The molecule has 0 fully saturated rings. The summed E-state index contributed by atoms with van der Waals surface area (Å²) in [6.07, 6.45) is 5.95. The quantitative estimate of drug-likeness (QED) is 0.755. The lowest BCUT2D eigenvalue weighted by atomic mass is 9.75. The second kappa shape index (κ2) is 7.68. The molecule has 1 aliphatic carbocycles. The highest BCUT2D eigenvalue weighted by molar-refractivity contribution is 8.14. The predicted molar refractivity (Wildman–Crippen MR) is 111 cm³/mol. The molecule has 2 aliphatic rings. The number of aromatic nitrogens is 1. The van der Waals surface area contributed by atoms with E-state index in [1.54, 1.807) is 6.07 Å². The number of pyridine rings is 1. The number of fused-ring (bicyclic) bond motifs is 1. The number of hydrogen-bond acceptors (Lipinski definition) is 6. The molecular formula is C21H18FN5OS. The molecule has 146 valence electrons. The van der Waals surface area contributed by atoms with E-state index in [0.29, 0.717) is 34.2 Å². The van der Waals surface area contributed by atoms with Crippen LogP contribution in [0.1, 0.15) is 40.9 Å². The smallest absolute Gasteiger partial charge is 0.274 e. The lowest BCUT2D eigenvalue weighted by Crippen LogP contribution is -2.36. The SMILES string of the molecule is N#Cc1ccc(C(=O)Nc2ccc(F)c(C34CCCC=C3CSC(N)=N4)c2)nc1. The number of nitrogens with one attached hydrogen (secondary N) is 1. The third-order valence-corrected chi connectivity index (χ3v) is 5.98. The normalized spacial score (nSPS) is 20.7. The molecule has 1 aromatic carbocycles. The number of nitrogens with two attached hydrogens (primary N) is 1. The molecule has 6 nitrogen and oxygen atoms in total. The number of allylic oxidation sites excluding steroid dienone is 1. The zero-order valence-corrected chi connectivity index (χ0v) is 16.3. The average Bonchev–Trinajstić information content (AvgIpc) is 2.74. The number of nitriles is 1. The molecule has 1 aliphatic heterocycles. The van der Waals surface area contributed by atoms with Crippen molar-refractivity contribution in [2.24, 2.45) is 10.7 Å². The van der Waals surface area contributed by atoms with Crippen LogP contribution >= 0.6 is 11.8 Å². The molecule has 1 atom stereocenters. The van der Waals surface area contributed by atoms with Crippen molar-refractivity contribution in [3.8, 4) is 6.07 Å². The van der Waals surface area contributed by atoms with Gasteiger partial charge in [0.05, 0.1) is 5.56 Å². The molecule has 0 spiro atoms. The number of anilines is 1. The van der Waals surface area contributed by atoms with Crippen molar-refractivity contribution in [2.75, 3.05) is 11.1 Å². The summed E-state index contributed by atoms with van der Waals surface area (Å²) in [5.74, 6) is -0.137. The van der Waals surface area contributed by atoms with Crippen LogP contribution in [0.25, 0.3) is 0 Å². The Morgan fingerprint density at radius 2 is 2.21 bits per heavy atom. The van der Waals surface area contributed by atoms with Crippen LogP contribution in [-0.4, -0.2) is 21.8 Å². The molecule has 3 N–H and O–H groups in total. The van der Waals surface area contributed by atoms with Crippen molar-refractivity contribution < 1.29 is 9.18 Å². The maximum absolute atomic E-state index is 14.9. The predicted octanol–water partition coefficient (Wildman–Crippen LogP) is 3.71. The van der Waals surface area contributed by atoms with Crippen molar-refractivity contribution in [3.63, 3.8) is 0 Å². The van der Waals surface area contributed by atoms with E-state index in [2.05, 4.69) is 21.4 Å². The van der Waals surface area contributed by atoms with E-state index in [9.17, 15) is 9.18 Å². The Hall–Kier alpha value is -3.18. The molecule has 0 saturated carbocycles. The molecule has 1 amide bonds. The number of amides is 1. The lowest BCUT2D eigenvalue weighted by molar-refractivity contribution is 0.102. The number of thioether (sulfide) groups is 1. The summed E-state index contributed by atoms with van der Waals surface area (Å²) in [6, 6.07) is 9.43. The Kier molecular flexibility index (Phi) is 5.07. The van der Waals surface area contributed by atoms with E-state index < -0.39 is 11.4 Å². The number of benzene rings is 1. The maximum atomic E-state index is 14.9. The van der Waals surface area contributed by atoms with Gasteiger partial charge in [0.2, 0.25) is 0 Å². The molecule has 0 saturated heterocycles. The molecule has 1 aromatic heterocycles. The highest BCUT2D eigenvalue weighted by atomic mass is 32.2. The topological polar surface area (TPSA) is 104 Å². The van der Waals surface area contributed by atoms with Gasteiger partial charge in [0.25, 0.3) is 5.91 Å². The van der Waals surface area contributed by atoms with E-state index in [4.69, 9.17) is 11.0 Å². The first kappa shape index (κ1) is 19.2. The van der Waals surface area contributed by atoms with Gasteiger partial charge in [0, 0.05) is 23.2 Å². The first-order chi connectivity index (χ1) is 14.0. The summed E-state index contributed by atoms with van der Waals surface area (Å²) in [7, 11) is 0. The van der Waals surface area contributed by atoms with Gasteiger partial charge in [-0.3, -0.25) is 4.79 Å². The fourth-order valence-electron chi connectivity index (χ4n) is 3.72. The van der Waals surface area contributed by atoms with Gasteiger partial charge in [-0.1, -0.05) is 17.8 Å². The van der Waals surface area contributed by atoms with Crippen molar-refractivity contribution >= 4 is 28.5 Å². The maximum Gasteiger partial charge on any atom is 0.274 e. The first-order valence-corrected chi connectivity index (χ1v) is 10.2. The van der Waals surface area contributed by atoms with Crippen LogP contribution in [0.15, 0.2) is 53.2 Å². The zero-order chi connectivity index (χ0) is 20.4. The lowest BCUT2D eigenvalue weighted by Gasteiger charge is -2.39. The van der Waals surface area contributed by atoms with Crippen molar-refractivity contribution in [3.05, 3.63) is 70.8 Å². The van der Waals surface area contributed by atoms with E-state index in [1.807, 2.05) is 6.07 Å². The van der Waals surface area contributed by atoms with Crippen molar-refractivity contribution in [1.29, 1.82) is 5.26 Å². The van der Waals surface area contributed by atoms with E-state index >= 15 is 0 Å². The second-order valence-corrected chi connectivity index (χ2v) is 7.91. The number of carbonyl (C=O) groups excluding carboxylic acids is 1. The van der Waals surface area contributed by atoms with Crippen LogP contribution in [0, 0.1) is 17.1 Å². The Labute approximate surface area is 171 Å². The molecular weight excluding hydrogens is 389 g/mol. The van der Waals surface area contributed by atoms with Crippen LogP contribution in [0.5, 0.6) is 0 Å². The molecule has 8 heteroatoms. The van der Waals surface area contributed by atoms with E-state index in [0.717, 1.165) is 18.4 Å². The first-order valence-electron chi connectivity index (χ1n) is 9.17. The van der Waals surface area contributed by atoms with Gasteiger partial charge in [0.1, 0.15) is 23.1 Å². The third kappa shape index (κ3) is 3.61. The number of hydrogen-bond donors (Lipinski definition) is 2. The number of nitrogens with zero attached hydrogens (tertiary/aromatic N) is 3. The third-order valence-electron chi connectivity index (χ3n) is 5.14. The number of aliphatic imine (C=N–C) groups is 1. The van der Waals surface area contributed by atoms with Gasteiger partial charge in [-0.2, -0.15) is 5.26 Å². The summed E-state index contributed by atoms with van der Waals surface area (Å²) >= 11 is 1.45. The Morgan fingerprint density at radius 1 is 1.34 bits per heavy atom. The van der Waals surface area contributed by atoms with Gasteiger partial charge in [-0.05, 0) is 55.2 Å². The molecule has 2 aromatic rings. The molecule has 1 unspecified atom stereocenters. The van der Waals surface area contributed by atoms with Crippen LogP contribution in [0.2, 0.25) is 0 Å². The minimum Gasteiger partial charge on any atom is -0.378 e. The highest BCUT2D eigenvalue weighted by Crippen LogP contribution is 2.47. The van der Waals surface area contributed by atoms with Gasteiger partial charge in [0.15, 0.2) is 5.17 Å². The number of rotatable bonds is 3. The molecule has 0 radical (unpaired) electrons.